The van der Waals surface area contributed by atoms with Crippen molar-refractivity contribution in [1.29, 1.82) is 0 Å². The molecule has 5 nitrogen and oxygen atoms in total. The van der Waals surface area contributed by atoms with E-state index in [0.717, 1.165) is 6.92 Å². The number of carbonyl (C=O) groups is 1. The average molecular weight is 134 g/mol. The van der Waals surface area contributed by atoms with E-state index in [0.29, 0.717) is 0 Å². The van der Waals surface area contributed by atoms with E-state index < -0.39 is 13.3 Å². The van der Waals surface area contributed by atoms with Crippen LogP contribution in [0, 0.1) is 0 Å². The molecule has 0 unspecified atom stereocenters. The summed E-state index contributed by atoms with van der Waals surface area (Å²) in [6, 6.07) is 0. The van der Waals surface area contributed by atoms with Crippen LogP contribution in [0.4, 0.5) is 0 Å². The SMILES string of the molecule is CC(=O)O.[Li+].[Li+].[O-]B([O-])O. The van der Waals surface area contributed by atoms with Crippen LogP contribution in [-0.4, -0.2) is 23.4 Å². The van der Waals surface area contributed by atoms with Gasteiger partial charge in [0.15, 0.2) is 0 Å². The van der Waals surface area contributed by atoms with Crippen molar-refractivity contribution < 1.29 is 62.7 Å². The minimum absolute atomic E-state index is 0. The molecule has 0 aromatic rings. The van der Waals surface area contributed by atoms with Gasteiger partial charge in [-0.25, -0.2) is 0 Å². The van der Waals surface area contributed by atoms with Crippen LogP contribution in [0.3, 0.4) is 0 Å². The molecule has 0 radical (unpaired) electrons. The molecule has 0 spiro atoms. The van der Waals surface area contributed by atoms with Crippen molar-refractivity contribution in [1.82, 2.24) is 0 Å². The molecule has 0 heterocycles. The smallest absolute Gasteiger partial charge is 0.871 e. The molecule has 48 valence electrons. The first-order chi connectivity index (χ1) is 3.46. The van der Waals surface area contributed by atoms with Crippen LogP contribution in [0.5, 0.6) is 0 Å². The van der Waals surface area contributed by atoms with Gasteiger partial charge < -0.3 is 20.2 Å². The van der Waals surface area contributed by atoms with Gasteiger partial charge in [-0.15, -0.1) is 0 Å². The maximum Gasteiger partial charge on any atom is 1.00 e. The Bertz CT molecular complexity index is 61.9. The second-order valence-corrected chi connectivity index (χ2v) is 0.826. The zero-order valence-electron chi connectivity index (χ0n) is 6.20. The summed E-state index contributed by atoms with van der Waals surface area (Å²) in [5.41, 5.74) is 0. The average Bonchev–Trinajstić information content (AvgIpc) is 1.25. The molecule has 0 amide bonds. The van der Waals surface area contributed by atoms with Gasteiger partial charge in [0, 0.05) is 6.92 Å². The van der Waals surface area contributed by atoms with Crippen LogP contribution in [0.2, 0.25) is 0 Å². The first kappa shape index (κ1) is 22.4. The minimum Gasteiger partial charge on any atom is -0.871 e. The van der Waals surface area contributed by atoms with Crippen molar-refractivity contribution in [2.24, 2.45) is 0 Å². The van der Waals surface area contributed by atoms with Crippen LogP contribution in [0.1, 0.15) is 6.92 Å². The van der Waals surface area contributed by atoms with E-state index in [1.807, 2.05) is 0 Å². The molecule has 0 aliphatic carbocycles. The Hall–Kier alpha value is 0.610. The molecule has 0 saturated carbocycles. The van der Waals surface area contributed by atoms with Crippen molar-refractivity contribution in [3.63, 3.8) is 0 Å². The molecule has 0 rings (SSSR count). The first-order valence-corrected chi connectivity index (χ1v) is 1.66. The summed E-state index contributed by atoms with van der Waals surface area (Å²) in [6.07, 6.45) is 0. The standard InChI is InChI=1S/C2H4O2.BHO3.2Li/c1-2(3)4;2-1(3)4;;/h1H3,(H,3,4);2H;;/q;-2;2*+1. The van der Waals surface area contributed by atoms with E-state index in [1.54, 1.807) is 0 Å². The van der Waals surface area contributed by atoms with E-state index in [-0.39, 0.29) is 37.7 Å². The van der Waals surface area contributed by atoms with Gasteiger partial charge in [0.1, 0.15) is 0 Å². The zero-order chi connectivity index (χ0) is 7.15. The van der Waals surface area contributed by atoms with Crippen LogP contribution in [-0.2, 0) is 4.79 Å². The third-order valence-corrected chi connectivity index (χ3v) is 0. The van der Waals surface area contributed by atoms with E-state index in [4.69, 9.17) is 25.0 Å². The quantitative estimate of drug-likeness (QED) is 0.320. The largest absolute Gasteiger partial charge is 1.00 e. The predicted octanol–water partition coefficient (Wildman–Crippen LogP) is -9.22. The van der Waals surface area contributed by atoms with E-state index >= 15 is 0 Å². The molecule has 0 aromatic heterocycles. The summed E-state index contributed by atoms with van der Waals surface area (Å²) < 4.78 is 0. The normalized spacial score (nSPS) is 5.20. The monoisotopic (exact) mass is 134 g/mol. The number of carboxylic acid groups (broad SMARTS) is 1. The van der Waals surface area contributed by atoms with Crippen LogP contribution < -0.4 is 47.8 Å². The molecule has 8 heteroatoms. The molecule has 10 heavy (non-hydrogen) atoms. The van der Waals surface area contributed by atoms with Gasteiger partial charge >= 0.3 is 37.7 Å². The van der Waals surface area contributed by atoms with Crippen molar-refractivity contribution in [3.05, 3.63) is 0 Å². The Kier molecular flexibility index (Phi) is 36.6. The third kappa shape index (κ3) is 1340. The fraction of sp³-hybridized carbons (Fsp3) is 0.500. The molecular formula is C2H5BLi2O5. The fourth-order valence-electron chi connectivity index (χ4n) is 0. The van der Waals surface area contributed by atoms with Crippen LogP contribution >= 0.6 is 0 Å². The molecule has 0 aliphatic rings. The van der Waals surface area contributed by atoms with E-state index in [1.165, 1.54) is 0 Å². The van der Waals surface area contributed by atoms with Crippen LogP contribution in [0.25, 0.3) is 0 Å². The first-order valence-electron chi connectivity index (χ1n) is 1.66. The fourth-order valence-corrected chi connectivity index (χ4v) is 0. The Morgan fingerprint density at radius 3 is 1.40 bits per heavy atom. The summed E-state index contributed by atoms with van der Waals surface area (Å²) in [4.78, 5) is 9.00. The van der Waals surface area contributed by atoms with Gasteiger partial charge in [-0.05, 0) is 0 Å². The summed E-state index contributed by atoms with van der Waals surface area (Å²) in [6.45, 7) is 1.08. The van der Waals surface area contributed by atoms with E-state index in [9.17, 15) is 0 Å². The number of carboxylic acids is 1. The second kappa shape index (κ2) is 16.3. The van der Waals surface area contributed by atoms with Gasteiger partial charge in [0.2, 0.25) is 0 Å². The number of hydrogen-bond donors (Lipinski definition) is 2. The predicted molar refractivity (Wildman–Crippen MR) is 21.3 cm³/mol. The molecule has 0 aromatic carbocycles. The van der Waals surface area contributed by atoms with Gasteiger partial charge in [-0.3, -0.25) is 4.79 Å². The Balaban J connectivity index is -0.0000000300. The van der Waals surface area contributed by atoms with E-state index in [2.05, 4.69) is 0 Å². The van der Waals surface area contributed by atoms with Crippen molar-refractivity contribution in [2.45, 2.75) is 6.92 Å². The van der Waals surface area contributed by atoms with Gasteiger partial charge in [-0.1, -0.05) is 0 Å². The van der Waals surface area contributed by atoms with Gasteiger partial charge in [-0.2, -0.15) is 0 Å². The Labute approximate surface area is 83.0 Å². The molecular weight excluding hydrogens is 129 g/mol. The van der Waals surface area contributed by atoms with Crippen molar-refractivity contribution >= 4 is 13.3 Å². The van der Waals surface area contributed by atoms with Crippen LogP contribution in [0.15, 0.2) is 0 Å². The van der Waals surface area contributed by atoms with Gasteiger partial charge in [0.25, 0.3) is 5.97 Å². The van der Waals surface area contributed by atoms with Crippen molar-refractivity contribution in [3.8, 4) is 0 Å². The number of rotatable bonds is 0. The molecule has 0 atom stereocenters. The van der Waals surface area contributed by atoms with Crippen molar-refractivity contribution in [2.75, 3.05) is 0 Å². The molecule has 0 saturated heterocycles. The minimum atomic E-state index is -2.67. The Morgan fingerprint density at radius 1 is 1.40 bits per heavy atom. The summed E-state index contributed by atoms with van der Waals surface area (Å²) >= 11 is 0. The molecule has 0 bridgehead atoms. The maximum absolute atomic E-state index is 9.00. The topological polar surface area (TPSA) is 104 Å². The number of hydrogen-bond acceptors (Lipinski definition) is 4. The Morgan fingerprint density at radius 2 is 1.40 bits per heavy atom. The maximum atomic E-state index is 9.00. The third-order valence-electron chi connectivity index (χ3n) is 0. The zero-order valence-corrected chi connectivity index (χ0v) is 6.20. The number of aliphatic carboxylic acids is 1. The van der Waals surface area contributed by atoms with Gasteiger partial charge in [0.05, 0.1) is 7.32 Å². The summed E-state index contributed by atoms with van der Waals surface area (Å²) in [7, 11) is -2.67. The molecule has 2 N–H and O–H groups in total. The molecule has 0 fully saturated rings. The molecule has 0 aliphatic heterocycles. The summed E-state index contributed by atoms with van der Waals surface area (Å²) in [5.74, 6) is -0.833. The second-order valence-electron chi connectivity index (χ2n) is 0.826. The summed E-state index contributed by atoms with van der Waals surface area (Å²) in [5, 5.41) is 31.4.